The van der Waals surface area contributed by atoms with Crippen molar-refractivity contribution < 1.29 is 9.53 Å². The van der Waals surface area contributed by atoms with Crippen molar-refractivity contribution in [2.24, 2.45) is 5.41 Å². The fraction of sp³-hybridized carbons (Fsp3) is 0.533. The van der Waals surface area contributed by atoms with Crippen LogP contribution in [0, 0.1) is 5.41 Å². The number of benzene rings is 1. The molecule has 0 amide bonds. The Hall–Kier alpha value is -1.31. The van der Waals surface area contributed by atoms with Crippen molar-refractivity contribution in [1.82, 2.24) is 0 Å². The minimum atomic E-state index is 0.207. The Bertz CT molecular complexity index is 478. The lowest BCUT2D eigenvalue weighted by Crippen LogP contribution is -2.26. The Morgan fingerprint density at radius 1 is 1.41 bits per heavy atom. The highest BCUT2D eigenvalue weighted by Gasteiger charge is 2.46. The highest BCUT2D eigenvalue weighted by Crippen LogP contribution is 2.54. The minimum Gasteiger partial charge on any atom is -0.497 e. The maximum atomic E-state index is 11.7. The van der Waals surface area contributed by atoms with Crippen LogP contribution in [0.1, 0.15) is 43.2 Å². The minimum absolute atomic E-state index is 0.207. The van der Waals surface area contributed by atoms with E-state index in [2.05, 4.69) is 19.1 Å². The fourth-order valence-corrected chi connectivity index (χ4v) is 3.55. The van der Waals surface area contributed by atoms with Gasteiger partial charge in [-0.3, -0.25) is 4.79 Å². The molecule has 17 heavy (non-hydrogen) atoms. The second-order valence-electron chi connectivity index (χ2n) is 5.69. The lowest BCUT2D eigenvalue weighted by molar-refractivity contribution is -0.118. The van der Waals surface area contributed by atoms with E-state index in [-0.39, 0.29) is 5.41 Å². The molecule has 1 saturated carbocycles. The number of Topliss-reactive ketones (excluding diaryl/α,β-unsaturated/α-hetero) is 1. The first-order valence-electron chi connectivity index (χ1n) is 6.31. The molecule has 2 aliphatic carbocycles. The Labute approximate surface area is 102 Å². The molecule has 1 aromatic carbocycles. The first-order valence-corrected chi connectivity index (χ1v) is 6.31. The molecule has 2 aliphatic rings. The van der Waals surface area contributed by atoms with E-state index >= 15 is 0 Å². The molecule has 0 radical (unpaired) electrons. The van der Waals surface area contributed by atoms with Gasteiger partial charge in [0.05, 0.1) is 7.11 Å². The van der Waals surface area contributed by atoms with E-state index in [4.69, 9.17) is 4.74 Å². The van der Waals surface area contributed by atoms with Gasteiger partial charge in [-0.15, -0.1) is 0 Å². The molecule has 1 aromatic rings. The van der Waals surface area contributed by atoms with Gasteiger partial charge in [0.1, 0.15) is 11.5 Å². The summed E-state index contributed by atoms with van der Waals surface area (Å²) in [7, 11) is 1.70. The zero-order valence-electron chi connectivity index (χ0n) is 10.5. The van der Waals surface area contributed by atoms with Crippen molar-refractivity contribution in [3.63, 3.8) is 0 Å². The van der Waals surface area contributed by atoms with Gasteiger partial charge in [0.25, 0.3) is 0 Å². The normalized spacial score (nSPS) is 30.9. The van der Waals surface area contributed by atoms with Crippen LogP contribution in [0.4, 0.5) is 0 Å². The number of methoxy groups -OCH3 is 1. The summed E-state index contributed by atoms with van der Waals surface area (Å²) in [6.45, 7) is 2.27. The van der Waals surface area contributed by atoms with E-state index in [1.807, 2.05) is 6.07 Å². The van der Waals surface area contributed by atoms with Gasteiger partial charge in [0, 0.05) is 12.8 Å². The summed E-state index contributed by atoms with van der Waals surface area (Å²) >= 11 is 0. The lowest BCUT2D eigenvalue weighted by Gasteiger charge is -2.37. The van der Waals surface area contributed by atoms with Gasteiger partial charge in [-0.25, -0.2) is 0 Å². The van der Waals surface area contributed by atoms with Gasteiger partial charge in [-0.1, -0.05) is 13.0 Å². The number of carbonyl (C=O) groups excluding carboxylic acids is 1. The Morgan fingerprint density at radius 2 is 2.24 bits per heavy atom. The second kappa shape index (κ2) is 3.59. The van der Waals surface area contributed by atoms with Gasteiger partial charge < -0.3 is 4.74 Å². The summed E-state index contributed by atoms with van der Waals surface area (Å²) in [4.78, 5) is 11.7. The summed E-state index contributed by atoms with van der Waals surface area (Å²) in [6, 6.07) is 6.32. The summed E-state index contributed by atoms with van der Waals surface area (Å²) in [5.41, 5.74) is 2.96. The van der Waals surface area contributed by atoms with Crippen LogP contribution in [0.15, 0.2) is 18.2 Å². The molecule has 0 N–H and O–H groups in total. The Morgan fingerprint density at radius 3 is 3.00 bits per heavy atom. The van der Waals surface area contributed by atoms with E-state index in [1.54, 1.807) is 7.11 Å². The van der Waals surface area contributed by atoms with E-state index in [0.29, 0.717) is 11.7 Å². The van der Waals surface area contributed by atoms with Gasteiger partial charge in [-0.05, 0) is 47.4 Å². The number of ketones is 1. The van der Waals surface area contributed by atoms with E-state index in [9.17, 15) is 4.79 Å². The van der Waals surface area contributed by atoms with Crippen molar-refractivity contribution in [3.05, 3.63) is 29.3 Å². The number of rotatable bonds is 1. The third kappa shape index (κ3) is 1.58. The first-order chi connectivity index (χ1) is 8.12. The molecule has 2 nitrogen and oxygen atoms in total. The predicted octanol–water partition coefficient (Wildman–Crippen LogP) is 3.09. The number of ether oxygens (including phenoxy) is 1. The number of hydrogen-bond acceptors (Lipinski definition) is 2. The van der Waals surface area contributed by atoms with Crippen LogP contribution in [0.2, 0.25) is 0 Å². The first kappa shape index (κ1) is 10.8. The highest BCUT2D eigenvalue weighted by atomic mass is 16.5. The summed E-state index contributed by atoms with van der Waals surface area (Å²) < 4.78 is 5.27. The maximum Gasteiger partial charge on any atom is 0.134 e. The molecule has 0 aliphatic heterocycles. The zero-order chi connectivity index (χ0) is 12.0. The fourth-order valence-electron chi connectivity index (χ4n) is 3.55. The quantitative estimate of drug-likeness (QED) is 0.741. The SMILES string of the molecule is COc1ccc2c(c1)CC[C@@]1(C)CC(=O)C[C@@H]21. The molecule has 0 spiro atoms. The maximum absolute atomic E-state index is 11.7. The molecule has 3 rings (SSSR count). The van der Waals surface area contributed by atoms with Crippen LogP contribution < -0.4 is 4.74 Å². The van der Waals surface area contributed by atoms with E-state index < -0.39 is 0 Å². The number of aryl methyl sites for hydroxylation is 1. The molecule has 0 saturated heterocycles. The smallest absolute Gasteiger partial charge is 0.134 e. The molecule has 0 heterocycles. The summed E-state index contributed by atoms with van der Waals surface area (Å²) in [6.07, 6.45) is 3.70. The molecule has 1 fully saturated rings. The summed E-state index contributed by atoms with van der Waals surface area (Å²) in [5, 5.41) is 0. The van der Waals surface area contributed by atoms with Crippen molar-refractivity contribution >= 4 is 5.78 Å². The van der Waals surface area contributed by atoms with Crippen LogP contribution in [0.25, 0.3) is 0 Å². The Kier molecular flexibility index (Phi) is 2.29. The lowest BCUT2D eigenvalue weighted by atomic mass is 9.67. The van der Waals surface area contributed by atoms with Crippen molar-refractivity contribution in [1.29, 1.82) is 0 Å². The second-order valence-corrected chi connectivity index (χ2v) is 5.69. The van der Waals surface area contributed by atoms with Gasteiger partial charge in [0.2, 0.25) is 0 Å². The monoisotopic (exact) mass is 230 g/mol. The predicted molar refractivity (Wildman–Crippen MR) is 66.4 cm³/mol. The molecule has 0 unspecified atom stereocenters. The summed E-state index contributed by atoms with van der Waals surface area (Å²) in [5.74, 6) is 1.79. The molecule has 0 aromatic heterocycles. The van der Waals surface area contributed by atoms with Crippen molar-refractivity contribution in [2.45, 2.75) is 38.5 Å². The standard InChI is InChI=1S/C15H18O2/c1-15-6-5-10-7-12(17-2)3-4-13(10)14(15)8-11(16)9-15/h3-4,7,14H,5-6,8-9H2,1-2H3/t14-,15-/m0/s1. The third-order valence-corrected chi connectivity index (χ3v) is 4.57. The number of carbonyl (C=O) groups is 1. The van der Waals surface area contributed by atoms with Crippen LogP contribution in [-0.4, -0.2) is 12.9 Å². The van der Waals surface area contributed by atoms with Crippen molar-refractivity contribution in [3.8, 4) is 5.75 Å². The third-order valence-electron chi connectivity index (χ3n) is 4.57. The molecular weight excluding hydrogens is 212 g/mol. The average molecular weight is 230 g/mol. The zero-order valence-corrected chi connectivity index (χ0v) is 10.5. The van der Waals surface area contributed by atoms with E-state index in [0.717, 1.165) is 31.4 Å². The molecule has 2 heteroatoms. The topological polar surface area (TPSA) is 26.3 Å². The van der Waals surface area contributed by atoms with Crippen LogP contribution in [0.3, 0.4) is 0 Å². The molecule has 90 valence electrons. The number of hydrogen-bond donors (Lipinski definition) is 0. The van der Waals surface area contributed by atoms with Crippen LogP contribution in [-0.2, 0) is 11.2 Å². The van der Waals surface area contributed by atoms with Gasteiger partial charge in [-0.2, -0.15) is 0 Å². The molecular formula is C15H18O2. The molecule has 2 atom stereocenters. The highest BCUT2D eigenvalue weighted by molar-refractivity contribution is 5.83. The Balaban J connectivity index is 2.05. The van der Waals surface area contributed by atoms with Crippen LogP contribution in [0.5, 0.6) is 5.75 Å². The van der Waals surface area contributed by atoms with Gasteiger partial charge >= 0.3 is 0 Å². The van der Waals surface area contributed by atoms with E-state index in [1.165, 1.54) is 11.1 Å². The largest absolute Gasteiger partial charge is 0.497 e. The molecule has 0 bridgehead atoms. The van der Waals surface area contributed by atoms with Crippen molar-refractivity contribution in [2.75, 3.05) is 7.11 Å². The van der Waals surface area contributed by atoms with Gasteiger partial charge in [0.15, 0.2) is 0 Å². The van der Waals surface area contributed by atoms with Crippen LogP contribution >= 0.6 is 0 Å². The average Bonchev–Trinajstić information content (AvgIpc) is 2.63. The number of fused-ring (bicyclic) bond motifs is 3.